The van der Waals surface area contributed by atoms with Crippen molar-refractivity contribution in [2.24, 2.45) is 10.2 Å². The van der Waals surface area contributed by atoms with Crippen molar-refractivity contribution in [2.75, 3.05) is 5.73 Å². The molecule has 0 saturated heterocycles. The maximum atomic E-state index is 14.7. The zero-order chi connectivity index (χ0) is 22.0. The van der Waals surface area contributed by atoms with Crippen LogP contribution < -0.4 is 11.2 Å². The fraction of sp³-hybridized carbons (Fsp3) is 0.0435. The van der Waals surface area contributed by atoms with Crippen LogP contribution in [0.15, 0.2) is 87.9 Å². The number of carbonyl (C=O) groups is 1. The molecule has 0 aliphatic carbocycles. The molecule has 4 aromatic rings. The Bertz CT molecular complexity index is 1360. The second-order valence-electron chi connectivity index (χ2n) is 6.84. The molecule has 0 saturated carbocycles. The lowest BCUT2D eigenvalue weighted by Crippen LogP contribution is -2.18. The predicted octanol–water partition coefficient (Wildman–Crippen LogP) is 4.69. The third-order valence-corrected chi connectivity index (χ3v) is 4.75. The Balaban J connectivity index is 1.87. The molecular weight excluding hydrogens is 399 g/mol. The Morgan fingerprint density at radius 3 is 2.45 bits per heavy atom. The molecule has 31 heavy (non-hydrogen) atoms. The average Bonchev–Trinajstić information content (AvgIpc) is 2.76. The van der Waals surface area contributed by atoms with Crippen molar-refractivity contribution < 1.29 is 14.3 Å². The molecule has 0 fully saturated rings. The molecule has 1 heterocycles. The number of rotatable bonds is 5. The summed E-state index contributed by atoms with van der Waals surface area (Å²) in [5.41, 5.74) is 6.72. The van der Waals surface area contributed by atoms with Gasteiger partial charge in [-0.25, -0.2) is 9.18 Å². The van der Waals surface area contributed by atoms with Crippen LogP contribution in [-0.2, 0) is 6.54 Å². The maximum Gasteiger partial charge on any atom is 0.341 e. The van der Waals surface area contributed by atoms with Crippen LogP contribution in [-0.4, -0.2) is 15.6 Å². The van der Waals surface area contributed by atoms with E-state index in [9.17, 15) is 19.1 Å². The number of nitrogens with two attached hydrogens (primary N) is 1. The third kappa shape index (κ3) is 4.04. The van der Waals surface area contributed by atoms with Crippen LogP contribution >= 0.6 is 0 Å². The SMILES string of the molecule is Nc1ccc(-n2cc(C(=O)O)c(=O)c3cc(F)c(N=NCc4ccccc4)cc32)cc1. The van der Waals surface area contributed by atoms with Crippen molar-refractivity contribution in [3.05, 3.63) is 100 Å². The predicted molar refractivity (Wildman–Crippen MR) is 116 cm³/mol. The minimum Gasteiger partial charge on any atom is -0.477 e. The molecule has 8 heteroatoms. The van der Waals surface area contributed by atoms with Gasteiger partial charge in [-0.3, -0.25) is 4.79 Å². The van der Waals surface area contributed by atoms with Crippen LogP contribution in [0.1, 0.15) is 15.9 Å². The molecular formula is C23H17FN4O3. The summed E-state index contributed by atoms with van der Waals surface area (Å²) in [5.74, 6) is -2.17. The van der Waals surface area contributed by atoms with Gasteiger partial charge < -0.3 is 15.4 Å². The Morgan fingerprint density at radius 2 is 1.77 bits per heavy atom. The Morgan fingerprint density at radius 1 is 1.06 bits per heavy atom. The summed E-state index contributed by atoms with van der Waals surface area (Å²) in [6.07, 6.45) is 1.21. The number of azo groups is 1. The van der Waals surface area contributed by atoms with Crippen LogP contribution in [0.5, 0.6) is 0 Å². The summed E-state index contributed by atoms with van der Waals surface area (Å²) < 4.78 is 16.2. The number of benzene rings is 3. The standard InChI is InChI=1S/C23H17FN4O3/c24-19-10-17-21(11-20(19)27-26-12-14-4-2-1-3-5-14)28(13-18(22(17)29)23(30)31)16-8-6-15(25)7-9-16/h1-11,13H,12,25H2,(H,30,31). The Hall–Kier alpha value is -4.33. The summed E-state index contributed by atoms with van der Waals surface area (Å²) in [4.78, 5) is 24.2. The van der Waals surface area contributed by atoms with E-state index in [1.165, 1.54) is 16.8 Å². The third-order valence-electron chi connectivity index (χ3n) is 4.75. The van der Waals surface area contributed by atoms with Gasteiger partial charge in [0.25, 0.3) is 0 Å². The van der Waals surface area contributed by atoms with Gasteiger partial charge in [-0.2, -0.15) is 10.2 Å². The van der Waals surface area contributed by atoms with Gasteiger partial charge in [0.2, 0.25) is 5.43 Å². The summed E-state index contributed by atoms with van der Waals surface area (Å²) in [6, 6.07) is 18.4. The van der Waals surface area contributed by atoms with Crippen molar-refractivity contribution in [1.29, 1.82) is 0 Å². The van der Waals surface area contributed by atoms with E-state index in [2.05, 4.69) is 10.2 Å². The summed E-state index contributed by atoms with van der Waals surface area (Å²) in [6.45, 7) is 0.265. The number of anilines is 1. The molecule has 0 spiro atoms. The number of hydrogen-bond acceptors (Lipinski definition) is 5. The van der Waals surface area contributed by atoms with Gasteiger partial charge >= 0.3 is 5.97 Å². The van der Waals surface area contributed by atoms with Gasteiger partial charge in [-0.1, -0.05) is 30.3 Å². The van der Waals surface area contributed by atoms with Crippen LogP contribution in [0.4, 0.5) is 15.8 Å². The number of carboxylic acids is 1. The molecule has 0 aliphatic heterocycles. The smallest absolute Gasteiger partial charge is 0.341 e. The highest BCUT2D eigenvalue weighted by molar-refractivity contribution is 5.94. The molecule has 0 unspecified atom stereocenters. The summed E-state index contributed by atoms with van der Waals surface area (Å²) in [5, 5.41) is 17.4. The molecule has 0 aliphatic rings. The molecule has 0 radical (unpaired) electrons. The van der Waals surface area contributed by atoms with Crippen LogP contribution in [0.25, 0.3) is 16.6 Å². The first-order valence-electron chi connectivity index (χ1n) is 9.33. The number of nitrogen functional groups attached to an aromatic ring is 1. The highest BCUT2D eigenvalue weighted by atomic mass is 19.1. The number of halogens is 1. The normalized spacial score (nSPS) is 11.3. The fourth-order valence-corrected chi connectivity index (χ4v) is 3.19. The molecule has 7 nitrogen and oxygen atoms in total. The van der Waals surface area contributed by atoms with E-state index >= 15 is 0 Å². The van der Waals surface area contributed by atoms with Crippen LogP contribution in [0, 0.1) is 5.82 Å². The van der Waals surface area contributed by atoms with E-state index in [-0.39, 0.29) is 17.6 Å². The number of fused-ring (bicyclic) bond motifs is 1. The van der Waals surface area contributed by atoms with E-state index in [1.807, 2.05) is 30.3 Å². The number of hydrogen-bond donors (Lipinski definition) is 2. The average molecular weight is 416 g/mol. The topological polar surface area (TPSA) is 110 Å². The van der Waals surface area contributed by atoms with Gasteiger partial charge in [0.1, 0.15) is 11.3 Å². The van der Waals surface area contributed by atoms with Gasteiger partial charge in [0.15, 0.2) is 5.82 Å². The lowest BCUT2D eigenvalue weighted by Gasteiger charge is -2.13. The lowest BCUT2D eigenvalue weighted by molar-refractivity contribution is 0.0695. The molecule has 3 aromatic carbocycles. The van der Waals surface area contributed by atoms with Gasteiger partial charge in [0.05, 0.1) is 12.1 Å². The molecule has 154 valence electrons. The van der Waals surface area contributed by atoms with Crippen molar-refractivity contribution in [2.45, 2.75) is 6.54 Å². The zero-order valence-corrected chi connectivity index (χ0v) is 16.2. The first-order chi connectivity index (χ1) is 14.9. The molecule has 0 bridgehead atoms. The highest BCUT2D eigenvalue weighted by Crippen LogP contribution is 2.27. The molecule has 0 amide bonds. The van der Waals surface area contributed by atoms with E-state index in [4.69, 9.17) is 5.73 Å². The first-order valence-corrected chi connectivity index (χ1v) is 9.33. The Labute approximate surface area is 175 Å². The molecule has 4 rings (SSSR count). The van der Waals surface area contributed by atoms with E-state index in [0.29, 0.717) is 16.9 Å². The second kappa shape index (κ2) is 8.19. The lowest BCUT2D eigenvalue weighted by atomic mass is 10.1. The van der Waals surface area contributed by atoms with Gasteiger partial charge in [-0.15, -0.1) is 0 Å². The second-order valence-corrected chi connectivity index (χ2v) is 6.84. The Kier molecular flexibility index (Phi) is 5.28. The highest BCUT2D eigenvalue weighted by Gasteiger charge is 2.18. The minimum absolute atomic E-state index is 0.0601. The van der Waals surface area contributed by atoms with Crippen LogP contribution in [0.3, 0.4) is 0 Å². The van der Waals surface area contributed by atoms with Crippen molar-refractivity contribution in [3.8, 4) is 5.69 Å². The first kappa shape index (κ1) is 20.0. The molecule has 1 aromatic heterocycles. The molecule has 0 atom stereocenters. The van der Waals surface area contributed by atoms with Crippen molar-refractivity contribution >= 4 is 28.2 Å². The van der Waals surface area contributed by atoms with Crippen molar-refractivity contribution in [1.82, 2.24) is 4.57 Å². The monoisotopic (exact) mass is 416 g/mol. The van der Waals surface area contributed by atoms with E-state index in [0.717, 1.165) is 11.6 Å². The number of aromatic nitrogens is 1. The van der Waals surface area contributed by atoms with Crippen molar-refractivity contribution in [3.63, 3.8) is 0 Å². The quantitative estimate of drug-likeness (QED) is 0.363. The largest absolute Gasteiger partial charge is 0.477 e. The fourth-order valence-electron chi connectivity index (χ4n) is 3.19. The number of carboxylic acid groups (broad SMARTS) is 1. The van der Waals surface area contributed by atoms with E-state index < -0.39 is 22.8 Å². The van der Waals surface area contributed by atoms with Crippen LogP contribution in [0.2, 0.25) is 0 Å². The number of nitrogens with zero attached hydrogens (tertiary/aromatic N) is 3. The summed E-state index contributed by atoms with van der Waals surface area (Å²) >= 11 is 0. The summed E-state index contributed by atoms with van der Waals surface area (Å²) in [7, 11) is 0. The number of aromatic carboxylic acids is 1. The van der Waals surface area contributed by atoms with E-state index in [1.54, 1.807) is 24.3 Å². The number of pyridine rings is 1. The van der Waals surface area contributed by atoms with Gasteiger partial charge in [-0.05, 0) is 42.0 Å². The maximum absolute atomic E-state index is 14.7. The van der Waals surface area contributed by atoms with Gasteiger partial charge in [0, 0.05) is 23.0 Å². The zero-order valence-electron chi connectivity index (χ0n) is 16.2. The minimum atomic E-state index is -1.40. The molecule has 3 N–H and O–H groups in total.